The molecule has 3 nitrogen and oxygen atoms in total. The van der Waals surface area contributed by atoms with Gasteiger partial charge in [0.1, 0.15) is 0 Å². The van der Waals surface area contributed by atoms with Crippen LogP contribution in [0.4, 0.5) is 0 Å². The molecule has 1 unspecified atom stereocenters. The lowest BCUT2D eigenvalue weighted by molar-refractivity contribution is 0.152. The van der Waals surface area contributed by atoms with Crippen molar-refractivity contribution in [1.29, 1.82) is 0 Å². The van der Waals surface area contributed by atoms with Gasteiger partial charge in [0.15, 0.2) is 8.32 Å². The van der Waals surface area contributed by atoms with E-state index in [0.29, 0.717) is 0 Å². The van der Waals surface area contributed by atoms with Gasteiger partial charge < -0.3 is 13.3 Å². The average Bonchev–Trinajstić information content (AvgIpc) is 2.77. The molecule has 0 N–H and O–H groups in total. The maximum atomic E-state index is 6.09. The van der Waals surface area contributed by atoms with Gasteiger partial charge in [0.2, 0.25) is 0 Å². The van der Waals surface area contributed by atoms with E-state index in [1.165, 1.54) is 128 Å². The Labute approximate surface area is 204 Å². The lowest BCUT2D eigenvalue weighted by Gasteiger charge is -2.30. The largest absolute Gasteiger partial charge is 0.417 e. The van der Waals surface area contributed by atoms with E-state index in [1.807, 2.05) is 0 Å². The molecule has 2 fully saturated rings. The van der Waals surface area contributed by atoms with Gasteiger partial charge in [-0.1, -0.05) is 96.8 Å². The topological polar surface area (TPSA) is 27.7 Å². The average molecular weight is 487 g/mol. The predicted molar refractivity (Wildman–Crippen MR) is 145 cm³/mol. The summed E-state index contributed by atoms with van der Waals surface area (Å²) in [6.45, 7) is 12.0. The number of hydrogen-bond donors (Lipinski definition) is 0. The Kier molecular flexibility index (Phi) is 18.6. The van der Waals surface area contributed by atoms with Gasteiger partial charge >= 0.3 is 8.56 Å². The second-order valence-corrected chi connectivity index (χ2v) is 18.6. The van der Waals surface area contributed by atoms with Gasteiger partial charge in [-0.05, 0) is 57.4 Å². The van der Waals surface area contributed by atoms with Gasteiger partial charge in [-0.3, -0.25) is 0 Å². The van der Waals surface area contributed by atoms with Crippen LogP contribution in [0.25, 0.3) is 0 Å². The molecule has 1 atom stereocenters. The summed E-state index contributed by atoms with van der Waals surface area (Å²) < 4.78 is 17.6. The maximum absolute atomic E-state index is 6.09. The lowest BCUT2D eigenvalue weighted by atomic mass is 10.0. The Morgan fingerprint density at radius 2 is 1.03 bits per heavy atom. The van der Waals surface area contributed by atoms with E-state index in [-0.39, 0.29) is 0 Å². The van der Waals surface area contributed by atoms with Crippen LogP contribution >= 0.6 is 0 Å². The lowest BCUT2D eigenvalue weighted by Crippen LogP contribution is -2.41. The van der Waals surface area contributed by atoms with Crippen LogP contribution in [0.5, 0.6) is 0 Å². The highest BCUT2D eigenvalue weighted by Gasteiger charge is 2.33. The Bertz CT molecular complexity index is 404. The summed E-state index contributed by atoms with van der Waals surface area (Å²) in [7, 11) is -2.83. The highest BCUT2D eigenvalue weighted by Crippen LogP contribution is 2.23. The van der Waals surface area contributed by atoms with Gasteiger partial charge in [0.05, 0.1) is 0 Å². The smallest absolute Gasteiger partial charge is 0.334 e. The molecule has 0 aromatic carbocycles. The molecule has 0 aromatic heterocycles. The molecule has 32 heavy (non-hydrogen) atoms. The maximum Gasteiger partial charge on any atom is 0.334 e. The highest BCUT2D eigenvalue weighted by atomic mass is 28.4. The number of rotatable bonds is 16. The minimum atomic E-state index is -1.74. The Morgan fingerprint density at radius 1 is 0.562 bits per heavy atom. The van der Waals surface area contributed by atoms with Crippen LogP contribution in [0.1, 0.15) is 122 Å². The quantitative estimate of drug-likeness (QED) is 0.161. The summed E-state index contributed by atoms with van der Waals surface area (Å²) in [5.41, 5.74) is 0. The summed E-state index contributed by atoms with van der Waals surface area (Å²) >= 11 is 0. The molecule has 0 aromatic rings. The molecule has 192 valence electrons. The molecule has 2 aliphatic rings. The van der Waals surface area contributed by atoms with Crippen LogP contribution in [-0.4, -0.2) is 36.7 Å². The van der Waals surface area contributed by atoms with Crippen LogP contribution in [0, 0.1) is 0 Å². The standard InChI is InChI=1S/C21H44O2Si.C6H14OSi/c1-3-4-5-6-7-8-9-10-11-12-13-14-15-16-19-22-24(2)21-18-17-20-23-24;1-8(2)6-4-3-5-7-8/h3-21H2,1-2H3;3-6H2,1-2H3. The first kappa shape index (κ1) is 30.3. The van der Waals surface area contributed by atoms with E-state index in [4.69, 9.17) is 13.3 Å². The number of unbranched alkanes of at least 4 members (excludes halogenated alkanes) is 13. The first-order valence-corrected chi connectivity index (χ1v) is 20.0. The van der Waals surface area contributed by atoms with Crippen molar-refractivity contribution in [3.05, 3.63) is 0 Å². The molecular weight excluding hydrogens is 428 g/mol. The van der Waals surface area contributed by atoms with Crippen LogP contribution < -0.4 is 0 Å². The Morgan fingerprint density at radius 3 is 1.41 bits per heavy atom. The zero-order chi connectivity index (χ0) is 23.4. The monoisotopic (exact) mass is 486 g/mol. The minimum Gasteiger partial charge on any atom is -0.417 e. The van der Waals surface area contributed by atoms with Crippen LogP contribution in [0.15, 0.2) is 0 Å². The minimum absolute atomic E-state index is 0.931. The predicted octanol–water partition coefficient (Wildman–Crippen LogP) is 9.37. The summed E-state index contributed by atoms with van der Waals surface area (Å²) in [6, 6.07) is 2.57. The molecule has 2 rings (SSSR count). The molecule has 5 heteroatoms. The van der Waals surface area contributed by atoms with Crippen molar-refractivity contribution in [2.24, 2.45) is 0 Å². The first-order chi connectivity index (χ1) is 15.5. The third-order valence-corrected chi connectivity index (χ3v) is 12.4. The van der Waals surface area contributed by atoms with Crippen molar-refractivity contribution in [3.63, 3.8) is 0 Å². The third-order valence-electron chi connectivity index (χ3n) is 7.00. The van der Waals surface area contributed by atoms with Crippen molar-refractivity contribution >= 4 is 16.9 Å². The summed E-state index contributed by atoms with van der Waals surface area (Å²) in [4.78, 5) is 0. The fourth-order valence-electron chi connectivity index (χ4n) is 4.68. The van der Waals surface area contributed by atoms with Crippen molar-refractivity contribution in [1.82, 2.24) is 0 Å². The van der Waals surface area contributed by atoms with E-state index in [1.54, 1.807) is 0 Å². The van der Waals surface area contributed by atoms with Gasteiger partial charge in [-0.15, -0.1) is 0 Å². The Balaban J connectivity index is 0.000000533. The van der Waals surface area contributed by atoms with E-state index in [0.717, 1.165) is 19.8 Å². The number of hydrogen-bond acceptors (Lipinski definition) is 3. The van der Waals surface area contributed by atoms with Gasteiger partial charge in [-0.2, -0.15) is 0 Å². The second-order valence-electron chi connectivity index (χ2n) is 10.9. The molecule has 0 bridgehead atoms. The van der Waals surface area contributed by atoms with Crippen molar-refractivity contribution in [2.45, 2.75) is 154 Å². The van der Waals surface area contributed by atoms with Gasteiger partial charge in [0.25, 0.3) is 0 Å². The van der Waals surface area contributed by atoms with Crippen LogP contribution in [0.2, 0.25) is 31.7 Å². The molecule has 0 radical (unpaired) electrons. The first-order valence-electron chi connectivity index (χ1n) is 14.4. The van der Waals surface area contributed by atoms with Gasteiger partial charge in [-0.25, -0.2) is 0 Å². The Hall–Kier alpha value is 0.314. The SMILES string of the molecule is CCCCCCCCCCCCCCCCO[Si]1(C)CCCCO1.C[Si]1(C)CCCCO1. The fourth-order valence-corrected chi connectivity index (χ4v) is 9.04. The molecule has 0 saturated carbocycles. The van der Waals surface area contributed by atoms with Gasteiger partial charge in [0, 0.05) is 19.8 Å². The van der Waals surface area contributed by atoms with E-state index in [2.05, 4.69) is 26.6 Å². The summed E-state index contributed by atoms with van der Waals surface area (Å²) in [5, 5.41) is 0. The molecule has 2 heterocycles. The molecular formula is C27H58O3Si2. The van der Waals surface area contributed by atoms with Crippen molar-refractivity contribution < 1.29 is 13.3 Å². The third kappa shape index (κ3) is 17.7. The summed E-state index contributed by atoms with van der Waals surface area (Å²) in [5.74, 6) is 0. The summed E-state index contributed by atoms with van der Waals surface area (Å²) in [6.07, 6.45) is 25.0. The molecule has 0 amide bonds. The zero-order valence-electron chi connectivity index (χ0n) is 22.5. The van der Waals surface area contributed by atoms with Crippen LogP contribution in [0.3, 0.4) is 0 Å². The molecule has 0 aliphatic carbocycles. The fraction of sp³-hybridized carbons (Fsp3) is 1.00. The second kappa shape index (κ2) is 19.6. The van der Waals surface area contributed by atoms with E-state index in [9.17, 15) is 0 Å². The zero-order valence-corrected chi connectivity index (χ0v) is 24.5. The molecule has 2 saturated heterocycles. The normalized spacial score (nSPS) is 22.9. The molecule has 0 spiro atoms. The van der Waals surface area contributed by atoms with Crippen molar-refractivity contribution in [3.8, 4) is 0 Å². The van der Waals surface area contributed by atoms with E-state index >= 15 is 0 Å². The molecule has 2 aliphatic heterocycles. The van der Waals surface area contributed by atoms with Crippen LogP contribution in [-0.2, 0) is 13.3 Å². The van der Waals surface area contributed by atoms with Crippen molar-refractivity contribution in [2.75, 3.05) is 19.8 Å². The van der Waals surface area contributed by atoms with E-state index < -0.39 is 16.9 Å². The highest BCUT2D eigenvalue weighted by molar-refractivity contribution is 6.71.